The molecule has 4 nitrogen and oxygen atoms in total. The molecule has 2 atom stereocenters. The summed E-state index contributed by atoms with van der Waals surface area (Å²) in [5.41, 5.74) is 2.58. The fraction of sp³-hybridized carbons (Fsp3) is 0.824. The lowest BCUT2D eigenvalue weighted by atomic mass is 9.90. The van der Waals surface area contributed by atoms with Crippen molar-refractivity contribution in [3.05, 3.63) is 17.5 Å². The number of aryl methyl sites for hydroxylation is 2. The van der Waals surface area contributed by atoms with Gasteiger partial charge in [0.1, 0.15) is 0 Å². The summed E-state index contributed by atoms with van der Waals surface area (Å²) in [5, 5.41) is 8.43. The van der Waals surface area contributed by atoms with Gasteiger partial charge in [-0.1, -0.05) is 13.8 Å². The Morgan fingerprint density at radius 1 is 1.43 bits per heavy atom. The van der Waals surface area contributed by atoms with E-state index in [0.717, 1.165) is 39.1 Å². The average Bonchev–Trinajstić information content (AvgIpc) is 2.94. The normalized spacial score (nSPS) is 20.6. The first-order valence-electron chi connectivity index (χ1n) is 8.65. The zero-order valence-corrected chi connectivity index (χ0v) is 13.9. The van der Waals surface area contributed by atoms with Crippen molar-refractivity contribution in [1.29, 1.82) is 0 Å². The Bertz CT molecular complexity index is 410. The van der Waals surface area contributed by atoms with Gasteiger partial charge in [-0.2, -0.15) is 5.10 Å². The van der Waals surface area contributed by atoms with E-state index in [1.807, 2.05) is 0 Å². The van der Waals surface area contributed by atoms with Crippen molar-refractivity contribution in [2.45, 2.75) is 65.5 Å². The van der Waals surface area contributed by atoms with E-state index in [0.29, 0.717) is 12.0 Å². The predicted molar refractivity (Wildman–Crippen MR) is 86.6 cm³/mol. The minimum absolute atomic E-state index is 0.511. The molecule has 2 unspecified atom stereocenters. The Morgan fingerprint density at radius 2 is 2.29 bits per heavy atom. The van der Waals surface area contributed by atoms with Crippen molar-refractivity contribution in [1.82, 2.24) is 15.1 Å². The van der Waals surface area contributed by atoms with Gasteiger partial charge in [0, 0.05) is 31.3 Å². The van der Waals surface area contributed by atoms with Gasteiger partial charge >= 0.3 is 0 Å². The van der Waals surface area contributed by atoms with Gasteiger partial charge in [0.25, 0.3) is 0 Å². The number of hydrogen-bond acceptors (Lipinski definition) is 3. The topological polar surface area (TPSA) is 39.1 Å². The summed E-state index contributed by atoms with van der Waals surface area (Å²) < 4.78 is 7.87. The summed E-state index contributed by atoms with van der Waals surface area (Å²) in [6.07, 6.45) is 5.73. The molecular formula is C17H31N3O. The van der Waals surface area contributed by atoms with Gasteiger partial charge in [-0.15, -0.1) is 0 Å². The first-order chi connectivity index (χ1) is 10.3. The van der Waals surface area contributed by atoms with Crippen LogP contribution in [0.3, 0.4) is 0 Å². The number of hydrogen-bond donors (Lipinski definition) is 1. The highest BCUT2D eigenvalue weighted by Gasteiger charge is 2.25. The largest absolute Gasteiger partial charge is 0.381 e. The number of nitrogens with zero attached hydrogens (tertiary/aromatic N) is 2. The third-order valence-corrected chi connectivity index (χ3v) is 4.43. The summed E-state index contributed by atoms with van der Waals surface area (Å²) >= 11 is 0. The molecule has 21 heavy (non-hydrogen) atoms. The zero-order valence-electron chi connectivity index (χ0n) is 13.9. The summed E-state index contributed by atoms with van der Waals surface area (Å²) in [6.45, 7) is 10.5. The molecule has 4 heteroatoms. The number of aromatic nitrogens is 2. The van der Waals surface area contributed by atoms with Crippen LogP contribution in [0.4, 0.5) is 0 Å². The summed E-state index contributed by atoms with van der Waals surface area (Å²) in [7, 11) is 0. The second kappa shape index (κ2) is 8.54. The van der Waals surface area contributed by atoms with Gasteiger partial charge in [0.15, 0.2) is 0 Å². The molecule has 0 radical (unpaired) electrons. The van der Waals surface area contributed by atoms with Crippen molar-refractivity contribution in [2.75, 3.05) is 19.8 Å². The molecule has 0 aromatic carbocycles. The van der Waals surface area contributed by atoms with Crippen molar-refractivity contribution >= 4 is 0 Å². The van der Waals surface area contributed by atoms with Crippen LogP contribution in [0.5, 0.6) is 0 Å². The second-order valence-electron chi connectivity index (χ2n) is 6.04. The van der Waals surface area contributed by atoms with Gasteiger partial charge in [0.05, 0.1) is 12.3 Å². The van der Waals surface area contributed by atoms with Crippen LogP contribution in [0.25, 0.3) is 0 Å². The van der Waals surface area contributed by atoms with Gasteiger partial charge in [0.2, 0.25) is 0 Å². The molecule has 1 saturated heterocycles. The Morgan fingerprint density at radius 3 is 2.90 bits per heavy atom. The van der Waals surface area contributed by atoms with Crippen LogP contribution in [0.15, 0.2) is 6.07 Å². The Balaban J connectivity index is 2.07. The van der Waals surface area contributed by atoms with E-state index in [1.54, 1.807) is 0 Å². The Kier molecular flexibility index (Phi) is 6.71. The van der Waals surface area contributed by atoms with Crippen molar-refractivity contribution in [3.63, 3.8) is 0 Å². The minimum Gasteiger partial charge on any atom is -0.381 e. The maximum absolute atomic E-state index is 5.70. The van der Waals surface area contributed by atoms with Crippen LogP contribution in [0.2, 0.25) is 0 Å². The van der Waals surface area contributed by atoms with E-state index >= 15 is 0 Å². The lowest BCUT2D eigenvalue weighted by Gasteiger charge is -2.31. The predicted octanol–water partition coefficient (Wildman–Crippen LogP) is 2.80. The second-order valence-corrected chi connectivity index (χ2v) is 6.04. The molecule has 0 aliphatic carbocycles. The first-order valence-corrected chi connectivity index (χ1v) is 8.65. The van der Waals surface area contributed by atoms with E-state index in [1.165, 1.54) is 30.7 Å². The third kappa shape index (κ3) is 4.55. The fourth-order valence-electron chi connectivity index (χ4n) is 3.17. The Hall–Kier alpha value is -0.870. The minimum atomic E-state index is 0.511. The van der Waals surface area contributed by atoms with Gasteiger partial charge < -0.3 is 10.1 Å². The molecule has 1 aromatic heterocycles. The molecule has 1 N–H and O–H groups in total. The molecule has 0 bridgehead atoms. The van der Waals surface area contributed by atoms with Crippen LogP contribution in [0, 0.1) is 5.92 Å². The lowest BCUT2D eigenvalue weighted by molar-refractivity contribution is 0.0390. The van der Waals surface area contributed by atoms with Crippen molar-refractivity contribution in [2.24, 2.45) is 5.92 Å². The van der Waals surface area contributed by atoms with Gasteiger partial charge in [-0.3, -0.25) is 4.68 Å². The summed E-state index contributed by atoms with van der Waals surface area (Å²) in [5.74, 6) is 0.635. The maximum atomic E-state index is 5.70. The standard InChI is InChI=1S/C17H31N3O/c1-4-9-18-17(14-8-7-10-21-13-14)12-16-11-15(5-2)19-20(16)6-3/h11,14,17-18H,4-10,12-13H2,1-3H3. The molecule has 0 spiro atoms. The van der Waals surface area contributed by atoms with E-state index in [9.17, 15) is 0 Å². The van der Waals surface area contributed by atoms with Crippen LogP contribution in [-0.2, 0) is 24.1 Å². The molecule has 120 valence electrons. The fourth-order valence-corrected chi connectivity index (χ4v) is 3.17. The van der Waals surface area contributed by atoms with E-state index < -0.39 is 0 Å². The first kappa shape index (κ1) is 16.5. The monoisotopic (exact) mass is 293 g/mol. The molecule has 2 heterocycles. The molecule has 1 aliphatic heterocycles. The van der Waals surface area contributed by atoms with Crippen LogP contribution in [-0.4, -0.2) is 35.6 Å². The highest BCUT2D eigenvalue weighted by Crippen LogP contribution is 2.21. The quantitative estimate of drug-likeness (QED) is 0.801. The highest BCUT2D eigenvalue weighted by atomic mass is 16.5. The molecule has 1 aliphatic rings. The smallest absolute Gasteiger partial charge is 0.0624 e. The number of ether oxygens (including phenoxy) is 1. The van der Waals surface area contributed by atoms with E-state index in [-0.39, 0.29) is 0 Å². The SMILES string of the molecule is CCCNC(Cc1cc(CC)nn1CC)C1CCCOC1. The molecular weight excluding hydrogens is 262 g/mol. The molecule has 0 saturated carbocycles. The molecule has 1 aromatic rings. The summed E-state index contributed by atoms with van der Waals surface area (Å²) in [4.78, 5) is 0. The van der Waals surface area contributed by atoms with Crippen LogP contribution < -0.4 is 5.32 Å². The Labute approximate surface area is 129 Å². The lowest BCUT2D eigenvalue weighted by Crippen LogP contribution is -2.42. The molecule has 1 fully saturated rings. The van der Waals surface area contributed by atoms with E-state index in [2.05, 4.69) is 41.9 Å². The van der Waals surface area contributed by atoms with Crippen molar-refractivity contribution in [3.8, 4) is 0 Å². The third-order valence-electron chi connectivity index (χ3n) is 4.43. The maximum Gasteiger partial charge on any atom is 0.0624 e. The molecule has 0 amide bonds. The molecule has 2 rings (SSSR count). The van der Waals surface area contributed by atoms with E-state index in [4.69, 9.17) is 4.74 Å². The van der Waals surface area contributed by atoms with Crippen LogP contribution >= 0.6 is 0 Å². The summed E-state index contributed by atoms with van der Waals surface area (Å²) in [6, 6.07) is 2.80. The van der Waals surface area contributed by atoms with Gasteiger partial charge in [-0.25, -0.2) is 0 Å². The van der Waals surface area contributed by atoms with Crippen LogP contribution in [0.1, 0.15) is 51.4 Å². The van der Waals surface area contributed by atoms with Gasteiger partial charge in [-0.05, 0) is 51.1 Å². The van der Waals surface area contributed by atoms with Crippen molar-refractivity contribution < 1.29 is 4.74 Å². The highest BCUT2D eigenvalue weighted by molar-refractivity contribution is 5.12. The number of rotatable bonds is 8. The average molecular weight is 293 g/mol. The number of nitrogens with one attached hydrogen (secondary N) is 1. The zero-order chi connectivity index (χ0) is 15.1.